The summed E-state index contributed by atoms with van der Waals surface area (Å²) in [6.07, 6.45) is 0. The van der Waals surface area contributed by atoms with Crippen molar-refractivity contribution in [2.75, 3.05) is 5.32 Å². The number of hydrogen-bond acceptors (Lipinski definition) is 6. The van der Waals surface area contributed by atoms with Crippen molar-refractivity contribution in [2.45, 2.75) is 10.6 Å². The molecule has 140 valence electrons. The van der Waals surface area contributed by atoms with Crippen LogP contribution < -0.4 is 5.32 Å². The fourth-order valence-electron chi connectivity index (χ4n) is 3.18. The number of anilines is 1. The van der Waals surface area contributed by atoms with E-state index in [1.807, 2.05) is 24.3 Å². The van der Waals surface area contributed by atoms with Crippen LogP contribution in [0.25, 0.3) is 20.7 Å². The Morgan fingerprint density at radius 2 is 1.93 bits per heavy atom. The van der Waals surface area contributed by atoms with Gasteiger partial charge < -0.3 is 0 Å². The highest BCUT2D eigenvalue weighted by molar-refractivity contribution is 7.91. The predicted octanol–water partition coefficient (Wildman–Crippen LogP) is 5.22. The van der Waals surface area contributed by atoms with Crippen LogP contribution in [0.5, 0.6) is 0 Å². The highest BCUT2D eigenvalue weighted by atomic mass is 35.5. The second kappa shape index (κ2) is 6.38. The average Bonchev–Trinajstić information content (AvgIpc) is 3.24. The molecule has 1 N–H and O–H groups in total. The molecule has 0 saturated heterocycles. The number of rotatable bonds is 2. The number of benzene rings is 2. The summed E-state index contributed by atoms with van der Waals surface area (Å²) in [6.45, 7) is 0. The Balaban J connectivity index is 1.52. The monoisotopic (exact) mass is 446 g/mol. The Kier molecular flexibility index (Phi) is 4.06. The van der Waals surface area contributed by atoms with Gasteiger partial charge in [-0.05, 0) is 35.9 Å². The van der Waals surface area contributed by atoms with E-state index in [0.717, 1.165) is 15.1 Å². The van der Waals surface area contributed by atoms with Crippen molar-refractivity contribution in [2.24, 2.45) is 0 Å². The molecule has 2 aromatic heterocycles. The van der Waals surface area contributed by atoms with Gasteiger partial charge in [0.25, 0.3) is 5.91 Å². The third kappa shape index (κ3) is 2.93. The van der Waals surface area contributed by atoms with E-state index in [0.29, 0.717) is 26.2 Å². The van der Waals surface area contributed by atoms with E-state index < -0.39 is 9.84 Å². The van der Waals surface area contributed by atoms with E-state index in [1.54, 1.807) is 18.2 Å². The maximum Gasteiger partial charge on any atom is 0.267 e. The van der Waals surface area contributed by atoms with Gasteiger partial charge in [-0.1, -0.05) is 41.1 Å². The van der Waals surface area contributed by atoms with Crippen molar-refractivity contribution in [3.05, 3.63) is 64.0 Å². The number of para-hydroxylation sites is 1. The zero-order valence-electron chi connectivity index (χ0n) is 14.1. The third-order valence-corrected chi connectivity index (χ3v) is 8.51. The number of nitrogens with zero attached hydrogens (tertiary/aromatic N) is 1. The number of fused-ring (bicyclic) bond motifs is 4. The fourth-order valence-corrected chi connectivity index (χ4v) is 7.16. The number of nitrogens with one attached hydrogen (secondary N) is 1. The Morgan fingerprint density at radius 3 is 2.75 bits per heavy atom. The number of hydrogen-bond donors (Lipinski definition) is 1. The molecule has 0 atom stereocenters. The lowest BCUT2D eigenvalue weighted by Gasteiger charge is -2.16. The minimum Gasteiger partial charge on any atom is -0.297 e. The Labute approximate surface area is 173 Å². The number of amides is 1. The van der Waals surface area contributed by atoms with Crippen LogP contribution in [0.15, 0.2) is 53.4 Å². The number of thiophene rings is 1. The van der Waals surface area contributed by atoms with Gasteiger partial charge in [0.15, 0.2) is 15.0 Å². The third-order valence-electron chi connectivity index (χ3n) is 4.42. The summed E-state index contributed by atoms with van der Waals surface area (Å²) in [5.41, 5.74) is 2.05. The number of aromatic nitrogens is 1. The quantitative estimate of drug-likeness (QED) is 0.458. The van der Waals surface area contributed by atoms with Gasteiger partial charge in [0.1, 0.15) is 0 Å². The number of carbonyl (C=O) groups excluding carboxylic acids is 1. The van der Waals surface area contributed by atoms with E-state index in [-0.39, 0.29) is 16.6 Å². The number of thiazole rings is 1. The van der Waals surface area contributed by atoms with Crippen LogP contribution in [0.4, 0.5) is 5.13 Å². The minimum absolute atomic E-state index is 0.138. The molecule has 3 heterocycles. The molecule has 1 amide bonds. The Hall–Kier alpha value is -2.26. The summed E-state index contributed by atoms with van der Waals surface area (Å²) in [4.78, 5) is 18.6. The zero-order chi connectivity index (χ0) is 19.5. The van der Waals surface area contributed by atoms with Gasteiger partial charge in [0.05, 0.1) is 25.7 Å². The summed E-state index contributed by atoms with van der Waals surface area (Å²) >= 11 is 8.65. The van der Waals surface area contributed by atoms with Gasteiger partial charge >= 0.3 is 0 Å². The second-order valence-corrected chi connectivity index (χ2v) is 10.8. The molecule has 4 aromatic rings. The summed E-state index contributed by atoms with van der Waals surface area (Å²) in [5.74, 6) is -0.438. The fraction of sp³-hybridized carbons (Fsp3) is 0.0526. The maximum atomic E-state index is 12.7. The van der Waals surface area contributed by atoms with Gasteiger partial charge in [0, 0.05) is 15.5 Å². The van der Waals surface area contributed by atoms with Gasteiger partial charge in [-0.3, -0.25) is 10.1 Å². The normalized spacial score (nSPS) is 14.5. The average molecular weight is 447 g/mol. The van der Waals surface area contributed by atoms with Crippen LogP contribution in [0.1, 0.15) is 15.2 Å². The van der Waals surface area contributed by atoms with Crippen molar-refractivity contribution >= 4 is 65.4 Å². The molecule has 0 unspecified atom stereocenters. The molecule has 2 aromatic carbocycles. The van der Waals surface area contributed by atoms with Gasteiger partial charge in [-0.2, -0.15) is 0 Å². The molecule has 28 heavy (non-hydrogen) atoms. The zero-order valence-corrected chi connectivity index (χ0v) is 17.3. The molecule has 0 radical (unpaired) electrons. The molecular formula is C19H11ClN2O3S3. The maximum absolute atomic E-state index is 12.7. The summed E-state index contributed by atoms with van der Waals surface area (Å²) in [6, 6.07) is 14.1. The first kappa shape index (κ1) is 17.8. The molecule has 0 saturated carbocycles. The minimum atomic E-state index is -3.49. The molecule has 5 rings (SSSR count). The smallest absolute Gasteiger partial charge is 0.267 e. The lowest BCUT2D eigenvalue weighted by atomic mass is 10.1. The van der Waals surface area contributed by atoms with Crippen LogP contribution in [0, 0.1) is 0 Å². The molecule has 9 heteroatoms. The van der Waals surface area contributed by atoms with Crippen molar-refractivity contribution < 1.29 is 13.2 Å². The van der Waals surface area contributed by atoms with Crippen LogP contribution >= 0.6 is 34.3 Å². The molecule has 0 spiro atoms. The predicted molar refractivity (Wildman–Crippen MR) is 113 cm³/mol. The number of sulfone groups is 1. The molecule has 1 aliphatic rings. The Morgan fingerprint density at radius 1 is 1.11 bits per heavy atom. The molecule has 5 nitrogen and oxygen atoms in total. The van der Waals surface area contributed by atoms with Gasteiger partial charge in [-0.25, -0.2) is 13.4 Å². The summed E-state index contributed by atoms with van der Waals surface area (Å²) in [5, 5.41) is 3.70. The van der Waals surface area contributed by atoms with Crippen LogP contribution in [0.2, 0.25) is 5.02 Å². The second-order valence-electron chi connectivity index (χ2n) is 6.31. The van der Waals surface area contributed by atoms with Gasteiger partial charge in [0.2, 0.25) is 0 Å². The van der Waals surface area contributed by atoms with Crippen molar-refractivity contribution in [1.82, 2.24) is 4.98 Å². The highest BCUT2D eigenvalue weighted by Crippen LogP contribution is 2.43. The molecule has 0 aliphatic carbocycles. The summed E-state index contributed by atoms with van der Waals surface area (Å²) in [7, 11) is -3.49. The van der Waals surface area contributed by atoms with Crippen molar-refractivity contribution in [1.29, 1.82) is 0 Å². The van der Waals surface area contributed by atoms with Crippen LogP contribution in [-0.2, 0) is 15.6 Å². The molecule has 0 fully saturated rings. The highest BCUT2D eigenvalue weighted by Gasteiger charge is 2.31. The molecule has 1 aliphatic heterocycles. The van der Waals surface area contributed by atoms with Crippen LogP contribution in [-0.4, -0.2) is 19.3 Å². The molecular weight excluding hydrogens is 436 g/mol. The molecule has 0 bridgehead atoms. The Bertz CT molecular complexity index is 1340. The standard InChI is InChI=1S/C19H11ClN2O3S3/c20-11-5-6-12-16(8-11)28(24,25)9-10-7-15(26-17(10)12)18(23)22-19-21-13-3-1-2-4-14(13)27-19/h1-8H,9H2,(H,21,22,23). The first-order valence-electron chi connectivity index (χ1n) is 8.23. The van der Waals surface area contributed by atoms with E-state index in [4.69, 9.17) is 11.6 Å². The first-order chi connectivity index (χ1) is 13.4. The summed E-state index contributed by atoms with van der Waals surface area (Å²) < 4.78 is 26.2. The lowest BCUT2D eigenvalue weighted by Crippen LogP contribution is -2.11. The van der Waals surface area contributed by atoms with E-state index in [2.05, 4.69) is 10.3 Å². The van der Waals surface area contributed by atoms with Crippen molar-refractivity contribution in [3.8, 4) is 10.4 Å². The lowest BCUT2D eigenvalue weighted by molar-refractivity contribution is 0.103. The number of carbonyl (C=O) groups is 1. The largest absolute Gasteiger partial charge is 0.297 e. The topological polar surface area (TPSA) is 76.1 Å². The van der Waals surface area contributed by atoms with E-state index >= 15 is 0 Å². The van der Waals surface area contributed by atoms with Gasteiger partial charge in [-0.15, -0.1) is 11.3 Å². The SMILES string of the molecule is O=C(Nc1nc2ccccc2s1)c1cc2c(s1)-c1ccc(Cl)cc1S(=O)(=O)C2. The van der Waals surface area contributed by atoms with Crippen LogP contribution in [0.3, 0.4) is 0 Å². The van der Waals surface area contributed by atoms with E-state index in [1.165, 1.54) is 28.7 Å². The van der Waals surface area contributed by atoms with Crippen molar-refractivity contribution in [3.63, 3.8) is 0 Å². The number of halogens is 1. The van der Waals surface area contributed by atoms with E-state index in [9.17, 15) is 13.2 Å². The first-order valence-corrected chi connectivity index (χ1v) is 11.9.